The second kappa shape index (κ2) is 8.71. The van der Waals surface area contributed by atoms with Gasteiger partial charge in [-0.1, -0.05) is 44.7 Å². The molecule has 2 aromatic rings. The Hall–Kier alpha value is -2.54. The summed E-state index contributed by atoms with van der Waals surface area (Å²) < 4.78 is 5.85. The zero-order valence-corrected chi connectivity index (χ0v) is 15.6. The van der Waals surface area contributed by atoms with E-state index in [9.17, 15) is 5.26 Å². The molecule has 0 bridgehead atoms. The number of aryl methyl sites for hydroxylation is 1. The van der Waals surface area contributed by atoms with Gasteiger partial charge in [-0.3, -0.25) is 0 Å². The summed E-state index contributed by atoms with van der Waals surface area (Å²) in [5, 5.41) is 9.56. The van der Waals surface area contributed by atoms with Crippen molar-refractivity contribution in [1.29, 1.82) is 5.26 Å². The molecule has 0 saturated carbocycles. The Labute approximate surface area is 156 Å². The van der Waals surface area contributed by atoms with Crippen LogP contribution in [0.2, 0.25) is 0 Å². The highest BCUT2D eigenvalue weighted by molar-refractivity contribution is 5.79. The molecule has 1 heterocycles. The van der Waals surface area contributed by atoms with Crippen molar-refractivity contribution in [2.24, 2.45) is 0 Å². The van der Waals surface area contributed by atoms with Gasteiger partial charge in [-0.25, -0.2) is 4.98 Å². The van der Waals surface area contributed by atoms with Crippen LogP contribution in [0.5, 0.6) is 5.75 Å². The van der Waals surface area contributed by atoms with Crippen molar-refractivity contribution in [2.75, 3.05) is 12.3 Å². The summed E-state index contributed by atoms with van der Waals surface area (Å²) in [4.78, 5) is 4.43. The molecule has 0 amide bonds. The van der Waals surface area contributed by atoms with E-state index in [0.29, 0.717) is 11.4 Å². The van der Waals surface area contributed by atoms with Gasteiger partial charge in [0.15, 0.2) is 0 Å². The average molecular weight is 349 g/mol. The lowest BCUT2D eigenvalue weighted by molar-refractivity contribution is 0.304. The van der Waals surface area contributed by atoms with Gasteiger partial charge in [0, 0.05) is 11.3 Å². The summed E-state index contributed by atoms with van der Waals surface area (Å²) in [7, 11) is 0. The number of unbranched alkanes of at least 4 members (excludes halogenated alkanes) is 4. The maximum Gasteiger partial charge on any atom is 0.142 e. The topological polar surface area (TPSA) is 71.9 Å². The third-order valence-electron chi connectivity index (χ3n) is 5.02. The molecule has 4 heteroatoms. The van der Waals surface area contributed by atoms with E-state index in [4.69, 9.17) is 10.5 Å². The second-order valence-corrected chi connectivity index (χ2v) is 6.92. The number of fused-ring (bicyclic) bond motifs is 1. The molecule has 0 atom stereocenters. The Bertz CT molecular complexity index is 790. The van der Waals surface area contributed by atoms with Gasteiger partial charge in [0.25, 0.3) is 0 Å². The van der Waals surface area contributed by atoms with E-state index in [1.807, 2.05) is 24.3 Å². The van der Waals surface area contributed by atoms with Gasteiger partial charge >= 0.3 is 0 Å². The number of benzene rings is 1. The smallest absolute Gasteiger partial charge is 0.142 e. The van der Waals surface area contributed by atoms with E-state index >= 15 is 0 Å². The fourth-order valence-electron chi connectivity index (χ4n) is 3.65. The van der Waals surface area contributed by atoms with Crippen LogP contribution in [0.15, 0.2) is 24.3 Å². The molecule has 1 aliphatic carbocycles. The highest BCUT2D eigenvalue weighted by Gasteiger charge is 2.23. The van der Waals surface area contributed by atoms with Gasteiger partial charge in [-0.15, -0.1) is 0 Å². The first kappa shape index (κ1) is 18.3. The summed E-state index contributed by atoms with van der Waals surface area (Å²) in [6, 6.07) is 10.3. The minimum Gasteiger partial charge on any atom is -0.494 e. The molecule has 136 valence electrons. The lowest BCUT2D eigenvalue weighted by Crippen LogP contribution is -2.03. The van der Waals surface area contributed by atoms with Crippen molar-refractivity contribution in [3.05, 3.63) is 41.1 Å². The molecule has 0 unspecified atom stereocenters. The number of hydrogen-bond acceptors (Lipinski definition) is 4. The molecule has 26 heavy (non-hydrogen) atoms. The SMILES string of the molecule is CCCCCCCOc1ccc(-c2c(C#N)c(N)nc3c2CCC3)cc1. The fourth-order valence-corrected chi connectivity index (χ4v) is 3.65. The lowest BCUT2D eigenvalue weighted by Gasteiger charge is -2.13. The maximum absolute atomic E-state index is 9.56. The molecule has 0 saturated heterocycles. The van der Waals surface area contributed by atoms with E-state index < -0.39 is 0 Å². The van der Waals surface area contributed by atoms with Crippen LogP contribution in [0, 0.1) is 11.3 Å². The number of rotatable bonds is 8. The number of hydrogen-bond donors (Lipinski definition) is 1. The number of nitriles is 1. The van der Waals surface area contributed by atoms with Gasteiger partial charge in [0.2, 0.25) is 0 Å². The quantitative estimate of drug-likeness (QED) is 0.678. The van der Waals surface area contributed by atoms with E-state index in [0.717, 1.165) is 54.9 Å². The first-order valence-electron chi connectivity index (χ1n) is 9.69. The van der Waals surface area contributed by atoms with E-state index in [1.54, 1.807) is 0 Å². The van der Waals surface area contributed by atoms with Crippen molar-refractivity contribution in [3.8, 4) is 22.9 Å². The minimum absolute atomic E-state index is 0.343. The van der Waals surface area contributed by atoms with Crippen LogP contribution in [0.1, 0.15) is 62.3 Å². The zero-order valence-electron chi connectivity index (χ0n) is 15.6. The molecular weight excluding hydrogens is 322 g/mol. The standard InChI is InChI=1S/C22H27N3O/c1-2-3-4-5-6-14-26-17-12-10-16(11-13-17)21-18-8-7-9-20(18)25-22(24)19(21)15-23/h10-13H,2-9,14H2,1H3,(H2,24,25). The van der Waals surface area contributed by atoms with Crippen LogP contribution >= 0.6 is 0 Å². The first-order valence-corrected chi connectivity index (χ1v) is 9.69. The number of nitrogens with zero attached hydrogens (tertiary/aromatic N) is 2. The molecule has 1 aromatic heterocycles. The zero-order chi connectivity index (χ0) is 18.4. The predicted octanol–water partition coefficient (Wildman–Crippen LogP) is 5.04. The van der Waals surface area contributed by atoms with Gasteiger partial charge in [0.05, 0.1) is 6.61 Å². The van der Waals surface area contributed by atoms with Crippen molar-refractivity contribution >= 4 is 5.82 Å². The van der Waals surface area contributed by atoms with Gasteiger partial charge < -0.3 is 10.5 Å². The van der Waals surface area contributed by atoms with Crippen molar-refractivity contribution in [3.63, 3.8) is 0 Å². The maximum atomic E-state index is 9.56. The second-order valence-electron chi connectivity index (χ2n) is 6.92. The molecule has 4 nitrogen and oxygen atoms in total. The number of nitrogens with two attached hydrogens (primary N) is 1. The average Bonchev–Trinajstić information content (AvgIpc) is 3.12. The summed E-state index contributed by atoms with van der Waals surface area (Å²) in [5.41, 5.74) is 10.7. The van der Waals surface area contributed by atoms with Gasteiger partial charge in [-0.2, -0.15) is 5.26 Å². The molecule has 3 rings (SSSR count). The number of nitrogen functional groups attached to an aromatic ring is 1. The molecule has 0 radical (unpaired) electrons. The van der Waals surface area contributed by atoms with Gasteiger partial charge in [0.1, 0.15) is 23.2 Å². The van der Waals surface area contributed by atoms with Crippen LogP contribution in [0.3, 0.4) is 0 Å². The Morgan fingerprint density at radius 3 is 2.62 bits per heavy atom. The molecular formula is C22H27N3O. The van der Waals surface area contributed by atoms with Crippen molar-refractivity contribution < 1.29 is 4.74 Å². The minimum atomic E-state index is 0.343. The molecule has 0 fully saturated rings. The number of anilines is 1. The normalized spacial score (nSPS) is 12.6. The largest absolute Gasteiger partial charge is 0.494 e. The summed E-state index contributed by atoms with van der Waals surface area (Å²) in [5.74, 6) is 1.22. The first-order chi connectivity index (χ1) is 12.7. The monoisotopic (exact) mass is 349 g/mol. The third kappa shape index (κ3) is 3.99. The predicted molar refractivity (Wildman–Crippen MR) is 105 cm³/mol. The molecule has 1 aliphatic rings. The van der Waals surface area contributed by atoms with Gasteiger partial charge in [-0.05, 0) is 48.9 Å². The number of ether oxygens (including phenoxy) is 1. The summed E-state index contributed by atoms with van der Waals surface area (Å²) in [6.45, 7) is 2.98. The third-order valence-corrected chi connectivity index (χ3v) is 5.02. The number of aromatic nitrogens is 1. The molecule has 2 N–H and O–H groups in total. The summed E-state index contributed by atoms with van der Waals surface area (Å²) >= 11 is 0. The number of pyridine rings is 1. The van der Waals surface area contributed by atoms with E-state index in [2.05, 4.69) is 18.0 Å². The van der Waals surface area contributed by atoms with Crippen LogP contribution in [-0.2, 0) is 12.8 Å². The van der Waals surface area contributed by atoms with Crippen LogP contribution < -0.4 is 10.5 Å². The Kier molecular flexibility index (Phi) is 6.12. The van der Waals surface area contributed by atoms with E-state index in [-0.39, 0.29) is 0 Å². The molecule has 1 aromatic carbocycles. The van der Waals surface area contributed by atoms with Crippen LogP contribution in [-0.4, -0.2) is 11.6 Å². The van der Waals surface area contributed by atoms with E-state index in [1.165, 1.54) is 31.2 Å². The Morgan fingerprint density at radius 2 is 1.88 bits per heavy atom. The van der Waals surface area contributed by atoms with Crippen molar-refractivity contribution in [2.45, 2.75) is 58.3 Å². The van der Waals surface area contributed by atoms with Crippen molar-refractivity contribution in [1.82, 2.24) is 4.98 Å². The molecule has 0 aliphatic heterocycles. The highest BCUT2D eigenvalue weighted by Crippen LogP contribution is 2.37. The van der Waals surface area contributed by atoms with Crippen LogP contribution in [0.25, 0.3) is 11.1 Å². The fraction of sp³-hybridized carbons (Fsp3) is 0.455. The Morgan fingerprint density at radius 1 is 1.12 bits per heavy atom. The highest BCUT2D eigenvalue weighted by atomic mass is 16.5. The lowest BCUT2D eigenvalue weighted by atomic mass is 9.94. The van der Waals surface area contributed by atoms with Crippen LogP contribution in [0.4, 0.5) is 5.82 Å². The Balaban J connectivity index is 1.73. The summed E-state index contributed by atoms with van der Waals surface area (Å²) in [6.07, 6.45) is 9.13. The molecule has 0 spiro atoms.